The molecule has 1 aliphatic heterocycles. The zero-order chi connectivity index (χ0) is 14.5. The Morgan fingerprint density at radius 3 is 2.70 bits per heavy atom. The highest BCUT2D eigenvalue weighted by Crippen LogP contribution is 2.29. The van der Waals surface area contributed by atoms with Gasteiger partial charge in [0.2, 0.25) is 0 Å². The summed E-state index contributed by atoms with van der Waals surface area (Å²) < 4.78 is 5.21. The van der Waals surface area contributed by atoms with Gasteiger partial charge in [0.25, 0.3) is 0 Å². The molecule has 0 spiro atoms. The molecule has 2 N–H and O–H groups in total. The smallest absolute Gasteiger partial charge is 0.339 e. The summed E-state index contributed by atoms with van der Waals surface area (Å²) in [5.74, 6) is -0.481. The van der Waals surface area contributed by atoms with Crippen molar-refractivity contribution in [2.75, 3.05) is 32.0 Å². The van der Waals surface area contributed by atoms with Crippen molar-refractivity contribution in [3.05, 3.63) is 27.7 Å². The third-order valence-electron chi connectivity index (χ3n) is 3.32. The molecule has 1 aliphatic rings. The van der Waals surface area contributed by atoms with Crippen molar-refractivity contribution in [2.24, 2.45) is 0 Å². The van der Waals surface area contributed by atoms with Gasteiger partial charge in [-0.15, -0.1) is 0 Å². The van der Waals surface area contributed by atoms with Crippen molar-refractivity contribution in [3.63, 3.8) is 0 Å². The van der Waals surface area contributed by atoms with E-state index in [1.165, 1.54) is 25.0 Å². The van der Waals surface area contributed by atoms with Crippen LogP contribution in [0, 0.1) is 0 Å². The van der Waals surface area contributed by atoms with Crippen molar-refractivity contribution in [1.29, 1.82) is 0 Å². The average molecular weight is 317 g/mol. The highest BCUT2D eigenvalue weighted by Gasteiger charge is 2.16. The number of carbonyl (C=O) groups is 1. The lowest BCUT2D eigenvalue weighted by atomic mass is 10.2. The number of nitrogen functional groups attached to an aromatic ring is 1. The molecule has 20 heavy (non-hydrogen) atoms. The highest BCUT2D eigenvalue weighted by molar-refractivity contribution is 6.44. The van der Waals surface area contributed by atoms with E-state index in [1.807, 2.05) is 0 Å². The minimum absolute atomic E-state index is 0.186. The van der Waals surface area contributed by atoms with Gasteiger partial charge in [-0.2, -0.15) is 0 Å². The Labute approximate surface area is 128 Å². The largest absolute Gasteiger partial charge is 0.462 e. The van der Waals surface area contributed by atoms with E-state index in [9.17, 15) is 4.79 Å². The second-order valence-corrected chi connectivity index (χ2v) is 5.69. The van der Waals surface area contributed by atoms with Gasteiger partial charge in [-0.25, -0.2) is 4.79 Å². The van der Waals surface area contributed by atoms with Crippen LogP contribution < -0.4 is 5.73 Å². The molecule has 1 aromatic carbocycles. The maximum atomic E-state index is 11.9. The number of ether oxygens (including phenoxy) is 1. The lowest BCUT2D eigenvalue weighted by Gasteiger charge is -2.14. The van der Waals surface area contributed by atoms with Crippen LogP contribution in [0.2, 0.25) is 10.0 Å². The number of nitrogens with zero attached hydrogens (tertiary/aromatic N) is 1. The Morgan fingerprint density at radius 1 is 1.30 bits per heavy atom. The van der Waals surface area contributed by atoms with Crippen molar-refractivity contribution in [2.45, 2.75) is 19.3 Å². The summed E-state index contributed by atoms with van der Waals surface area (Å²) in [5, 5.41) is 0.445. The highest BCUT2D eigenvalue weighted by atomic mass is 35.5. The number of hydrogen-bond donors (Lipinski definition) is 1. The summed E-state index contributed by atoms with van der Waals surface area (Å²) in [6.07, 6.45) is 3.34. The number of nitrogens with two attached hydrogens (primary N) is 1. The predicted octanol–water partition coefficient (Wildman–Crippen LogP) is 3.22. The number of carbonyl (C=O) groups excluding carboxylic acids is 1. The van der Waals surface area contributed by atoms with E-state index in [4.69, 9.17) is 33.7 Å². The molecule has 1 heterocycles. The molecule has 0 unspecified atom stereocenters. The molecule has 0 amide bonds. The van der Waals surface area contributed by atoms with E-state index >= 15 is 0 Å². The molecular formula is C14H18Cl2N2O2. The SMILES string of the molecule is Nc1cc(Cl)c(Cl)c(C(=O)OCCCN2CCCC2)c1. The van der Waals surface area contributed by atoms with Gasteiger partial charge in [-0.1, -0.05) is 23.2 Å². The standard InChI is InChI=1S/C14H18Cl2N2O2/c15-12-9-10(17)8-11(13(12)16)14(19)20-7-3-6-18-4-1-2-5-18/h8-9H,1-7,17H2. The van der Waals surface area contributed by atoms with E-state index in [1.54, 1.807) is 0 Å². The first-order valence-electron chi connectivity index (χ1n) is 6.72. The maximum absolute atomic E-state index is 11.9. The van der Waals surface area contributed by atoms with Crippen LogP contribution in [0.3, 0.4) is 0 Å². The lowest BCUT2D eigenvalue weighted by Crippen LogP contribution is -2.22. The molecule has 0 aliphatic carbocycles. The summed E-state index contributed by atoms with van der Waals surface area (Å²) in [4.78, 5) is 14.3. The van der Waals surface area contributed by atoms with E-state index in [2.05, 4.69) is 4.90 Å². The summed E-state index contributed by atoms with van der Waals surface area (Å²) in [7, 11) is 0. The Kier molecular flexibility index (Phi) is 5.52. The molecule has 110 valence electrons. The molecule has 1 fully saturated rings. The third kappa shape index (κ3) is 4.01. The topological polar surface area (TPSA) is 55.6 Å². The number of esters is 1. The van der Waals surface area contributed by atoms with Gasteiger partial charge in [0.05, 0.1) is 22.2 Å². The normalized spacial score (nSPS) is 15.5. The minimum atomic E-state index is -0.481. The number of rotatable bonds is 5. The van der Waals surface area contributed by atoms with Crippen LogP contribution in [0.1, 0.15) is 29.6 Å². The number of anilines is 1. The Balaban J connectivity index is 1.82. The van der Waals surface area contributed by atoms with Gasteiger partial charge in [0.15, 0.2) is 0 Å². The molecule has 2 rings (SSSR count). The second kappa shape index (κ2) is 7.16. The van der Waals surface area contributed by atoms with E-state index in [-0.39, 0.29) is 15.6 Å². The van der Waals surface area contributed by atoms with Gasteiger partial charge in [-0.3, -0.25) is 0 Å². The Hall–Kier alpha value is -0.970. The fourth-order valence-corrected chi connectivity index (χ4v) is 2.71. The van der Waals surface area contributed by atoms with Crippen LogP contribution in [-0.4, -0.2) is 37.1 Å². The molecule has 1 aromatic rings. The zero-order valence-corrected chi connectivity index (χ0v) is 12.7. The summed E-state index contributed by atoms with van der Waals surface area (Å²) >= 11 is 11.9. The molecule has 0 aromatic heterocycles. The molecule has 0 bridgehead atoms. The first kappa shape index (κ1) is 15.4. The van der Waals surface area contributed by atoms with Gasteiger partial charge in [-0.05, 0) is 44.5 Å². The first-order valence-corrected chi connectivity index (χ1v) is 7.47. The van der Waals surface area contributed by atoms with Crippen LogP contribution in [0.15, 0.2) is 12.1 Å². The van der Waals surface area contributed by atoms with Crippen molar-refractivity contribution >= 4 is 34.9 Å². The second-order valence-electron chi connectivity index (χ2n) is 4.90. The zero-order valence-electron chi connectivity index (χ0n) is 11.2. The van der Waals surface area contributed by atoms with Crippen LogP contribution >= 0.6 is 23.2 Å². The van der Waals surface area contributed by atoms with Crippen LogP contribution in [0.4, 0.5) is 5.69 Å². The summed E-state index contributed by atoms with van der Waals surface area (Å²) in [5.41, 5.74) is 6.26. The Bertz CT molecular complexity index is 488. The molecular weight excluding hydrogens is 299 g/mol. The minimum Gasteiger partial charge on any atom is -0.462 e. The monoisotopic (exact) mass is 316 g/mol. The number of halogens is 2. The fourth-order valence-electron chi connectivity index (χ4n) is 2.30. The van der Waals surface area contributed by atoms with Crippen LogP contribution in [-0.2, 0) is 4.74 Å². The van der Waals surface area contributed by atoms with Crippen molar-refractivity contribution in [3.8, 4) is 0 Å². The molecule has 1 saturated heterocycles. The van der Waals surface area contributed by atoms with E-state index in [0.29, 0.717) is 12.3 Å². The van der Waals surface area contributed by atoms with Crippen molar-refractivity contribution in [1.82, 2.24) is 4.90 Å². The number of likely N-dealkylation sites (tertiary alicyclic amines) is 1. The number of benzene rings is 1. The quantitative estimate of drug-likeness (QED) is 0.515. The number of hydrogen-bond acceptors (Lipinski definition) is 4. The molecule has 4 nitrogen and oxygen atoms in total. The van der Waals surface area contributed by atoms with Crippen molar-refractivity contribution < 1.29 is 9.53 Å². The third-order valence-corrected chi connectivity index (χ3v) is 4.12. The maximum Gasteiger partial charge on any atom is 0.339 e. The predicted molar refractivity (Wildman–Crippen MR) is 81.4 cm³/mol. The van der Waals surface area contributed by atoms with Gasteiger partial charge >= 0.3 is 5.97 Å². The average Bonchev–Trinajstić information content (AvgIpc) is 2.91. The summed E-state index contributed by atoms with van der Waals surface area (Å²) in [6, 6.07) is 2.99. The molecule has 6 heteroatoms. The van der Waals surface area contributed by atoms with E-state index < -0.39 is 5.97 Å². The van der Waals surface area contributed by atoms with E-state index in [0.717, 1.165) is 26.1 Å². The molecule has 0 radical (unpaired) electrons. The van der Waals surface area contributed by atoms with Crippen LogP contribution in [0.25, 0.3) is 0 Å². The Morgan fingerprint density at radius 2 is 2.00 bits per heavy atom. The molecule has 0 atom stereocenters. The van der Waals surface area contributed by atoms with Crippen LogP contribution in [0.5, 0.6) is 0 Å². The first-order chi connectivity index (χ1) is 9.58. The van der Waals surface area contributed by atoms with Gasteiger partial charge in [0, 0.05) is 12.2 Å². The summed E-state index contributed by atoms with van der Waals surface area (Å²) in [6.45, 7) is 3.62. The lowest BCUT2D eigenvalue weighted by molar-refractivity contribution is 0.0491. The van der Waals surface area contributed by atoms with Gasteiger partial charge in [0.1, 0.15) is 0 Å². The fraction of sp³-hybridized carbons (Fsp3) is 0.500. The molecule has 0 saturated carbocycles. The van der Waals surface area contributed by atoms with Gasteiger partial charge < -0.3 is 15.4 Å².